The molecule has 1 amide bonds. The van der Waals surface area contributed by atoms with E-state index in [1.165, 1.54) is 6.92 Å². The van der Waals surface area contributed by atoms with Gasteiger partial charge in [-0.05, 0) is 19.1 Å². The molecule has 86 valence electrons. The zero-order valence-electron chi connectivity index (χ0n) is 9.40. The van der Waals surface area contributed by atoms with Crippen molar-refractivity contribution < 1.29 is 14.3 Å². The van der Waals surface area contributed by atoms with Gasteiger partial charge in [-0.15, -0.1) is 0 Å². The Morgan fingerprint density at radius 2 is 1.94 bits per heavy atom. The predicted octanol–water partition coefficient (Wildman–Crippen LogP) is 1.51. The highest BCUT2D eigenvalue weighted by Crippen LogP contribution is 2.09. The summed E-state index contributed by atoms with van der Waals surface area (Å²) in [5.74, 6) is 0.00925. The van der Waals surface area contributed by atoms with Crippen molar-refractivity contribution in [1.29, 1.82) is 0 Å². The molecule has 4 nitrogen and oxygen atoms in total. The zero-order chi connectivity index (χ0) is 12.0. The molecule has 0 heterocycles. The number of hydrogen-bond acceptors (Lipinski definition) is 3. The number of nitrogens with one attached hydrogen (secondary N) is 1. The van der Waals surface area contributed by atoms with Crippen LogP contribution < -0.4 is 10.1 Å². The number of rotatable bonds is 4. The minimum absolute atomic E-state index is 0.153. The minimum Gasteiger partial charge on any atom is -0.426 e. The first kappa shape index (κ1) is 12.2. The van der Waals surface area contributed by atoms with E-state index in [1.807, 2.05) is 6.07 Å². The van der Waals surface area contributed by atoms with E-state index in [4.69, 9.17) is 4.74 Å². The maximum Gasteiger partial charge on any atom is 0.313 e. The summed E-state index contributed by atoms with van der Waals surface area (Å²) in [6, 6.07) is 8.63. The van der Waals surface area contributed by atoms with Gasteiger partial charge in [0.25, 0.3) is 0 Å². The van der Waals surface area contributed by atoms with Crippen molar-refractivity contribution in [3.8, 4) is 5.75 Å². The second kappa shape index (κ2) is 5.90. The van der Waals surface area contributed by atoms with E-state index >= 15 is 0 Å². The molecule has 1 N–H and O–H groups in total. The summed E-state index contributed by atoms with van der Waals surface area (Å²) < 4.78 is 5.08. The second-order valence-electron chi connectivity index (χ2n) is 3.59. The van der Waals surface area contributed by atoms with Gasteiger partial charge in [-0.3, -0.25) is 9.59 Å². The third-order valence-electron chi connectivity index (χ3n) is 1.90. The molecule has 0 aliphatic rings. The van der Waals surface area contributed by atoms with E-state index in [2.05, 4.69) is 5.32 Å². The van der Waals surface area contributed by atoms with Gasteiger partial charge in [-0.1, -0.05) is 18.2 Å². The lowest BCUT2D eigenvalue weighted by Crippen LogP contribution is -2.33. The van der Waals surface area contributed by atoms with E-state index in [1.54, 1.807) is 31.2 Å². The predicted molar refractivity (Wildman–Crippen MR) is 60.0 cm³/mol. The molecule has 1 rings (SSSR count). The molecule has 0 aliphatic carbocycles. The number of carbonyl (C=O) groups is 2. The molecule has 1 atom stereocenters. The van der Waals surface area contributed by atoms with Crippen LogP contribution in [0.25, 0.3) is 0 Å². The summed E-state index contributed by atoms with van der Waals surface area (Å²) in [7, 11) is 0. The Kier molecular flexibility index (Phi) is 4.51. The Bertz CT molecular complexity index is 362. The summed E-state index contributed by atoms with van der Waals surface area (Å²) in [4.78, 5) is 22.2. The van der Waals surface area contributed by atoms with Crippen LogP contribution in [-0.2, 0) is 9.59 Å². The quantitative estimate of drug-likeness (QED) is 0.619. The topological polar surface area (TPSA) is 55.4 Å². The first-order valence-electron chi connectivity index (χ1n) is 5.11. The molecule has 0 saturated carbocycles. The Morgan fingerprint density at radius 1 is 1.31 bits per heavy atom. The SMILES string of the molecule is CC(=O)NC(C)CC(=O)Oc1ccccc1. The van der Waals surface area contributed by atoms with Gasteiger partial charge in [0.15, 0.2) is 0 Å². The fourth-order valence-electron chi connectivity index (χ4n) is 1.31. The van der Waals surface area contributed by atoms with Crippen molar-refractivity contribution in [2.24, 2.45) is 0 Å². The summed E-state index contributed by atoms with van der Waals surface area (Å²) in [5, 5.41) is 2.62. The molecule has 1 unspecified atom stereocenters. The lowest BCUT2D eigenvalue weighted by molar-refractivity contribution is -0.135. The Hall–Kier alpha value is -1.84. The van der Waals surface area contributed by atoms with E-state index in [-0.39, 0.29) is 24.3 Å². The van der Waals surface area contributed by atoms with Crippen LogP contribution >= 0.6 is 0 Å². The molecular weight excluding hydrogens is 206 g/mol. The Labute approximate surface area is 94.6 Å². The smallest absolute Gasteiger partial charge is 0.313 e. The molecule has 0 bridgehead atoms. The average Bonchev–Trinajstić information content (AvgIpc) is 2.17. The largest absolute Gasteiger partial charge is 0.426 e. The van der Waals surface area contributed by atoms with Crippen molar-refractivity contribution >= 4 is 11.9 Å². The van der Waals surface area contributed by atoms with Crippen LogP contribution in [0.5, 0.6) is 5.75 Å². The molecule has 0 saturated heterocycles. The highest BCUT2D eigenvalue weighted by molar-refractivity contribution is 5.76. The second-order valence-corrected chi connectivity index (χ2v) is 3.59. The monoisotopic (exact) mass is 221 g/mol. The number of carbonyl (C=O) groups excluding carboxylic acids is 2. The number of hydrogen-bond donors (Lipinski definition) is 1. The van der Waals surface area contributed by atoms with Gasteiger partial charge in [0, 0.05) is 13.0 Å². The van der Waals surface area contributed by atoms with Gasteiger partial charge >= 0.3 is 5.97 Å². The maximum absolute atomic E-state index is 11.4. The molecule has 0 radical (unpaired) electrons. The highest BCUT2D eigenvalue weighted by Gasteiger charge is 2.11. The highest BCUT2D eigenvalue weighted by atomic mass is 16.5. The standard InChI is InChI=1S/C12H15NO3/c1-9(13-10(2)14)8-12(15)16-11-6-4-3-5-7-11/h3-7,9H,8H2,1-2H3,(H,13,14). The lowest BCUT2D eigenvalue weighted by Gasteiger charge is -2.11. The van der Waals surface area contributed by atoms with Gasteiger partial charge in [0.2, 0.25) is 5.91 Å². The van der Waals surface area contributed by atoms with Crippen LogP contribution in [0.1, 0.15) is 20.3 Å². The minimum atomic E-state index is -0.354. The van der Waals surface area contributed by atoms with Gasteiger partial charge in [0.1, 0.15) is 5.75 Å². The lowest BCUT2D eigenvalue weighted by atomic mass is 10.2. The number of ether oxygens (including phenoxy) is 1. The maximum atomic E-state index is 11.4. The van der Waals surface area contributed by atoms with Crippen LogP contribution in [0.3, 0.4) is 0 Å². The average molecular weight is 221 g/mol. The Balaban J connectivity index is 2.39. The fraction of sp³-hybridized carbons (Fsp3) is 0.333. The van der Waals surface area contributed by atoms with Crippen LogP contribution in [0.2, 0.25) is 0 Å². The third-order valence-corrected chi connectivity index (χ3v) is 1.90. The van der Waals surface area contributed by atoms with Crippen molar-refractivity contribution in [1.82, 2.24) is 5.32 Å². The van der Waals surface area contributed by atoms with Crippen molar-refractivity contribution in [3.63, 3.8) is 0 Å². The number of para-hydroxylation sites is 1. The van der Waals surface area contributed by atoms with Crippen molar-refractivity contribution in [3.05, 3.63) is 30.3 Å². The molecule has 0 aromatic heterocycles. The molecule has 1 aromatic rings. The summed E-state index contributed by atoms with van der Waals surface area (Å²) >= 11 is 0. The first-order valence-corrected chi connectivity index (χ1v) is 5.11. The normalized spacial score (nSPS) is 11.6. The van der Waals surface area contributed by atoms with Crippen molar-refractivity contribution in [2.45, 2.75) is 26.3 Å². The zero-order valence-corrected chi connectivity index (χ0v) is 9.40. The molecule has 0 fully saturated rings. The fourth-order valence-corrected chi connectivity index (χ4v) is 1.31. The number of benzene rings is 1. The van der Waals surface area contributed by atoms with Gasteiger partial charge in [-0.25, -0.2) is 0 Å². The van der Waals surface area contributed by atoms with E-state index in [0.29, 0.717) is 5.75 Å². The van der Waals surface area contributed by atoms with Crippen molar-refractivity contribution in [2.75, 3.05) is 0 Å². The number of amides is 1. The van der Waals surface area contributed by atoms with Crippen LogP contribution in [0, 0.1) is 0 Å². The summed E-state index contributed by atoms with van der Waals surface area (Å²) in [6.07, 6.45) is 0.161. The van der Waals surface area contributed by atoms with E-state index < -0.39 is 0 Å². The summed E-state index contributed by atoms with van der Waals surface area (Å²) in [6.45, 7) is 3.17. The molecular formula is C12H15NO3. The Morgan fingerprint density at radius 3 is 2.50 bits per heavy atom. The molecule has 4 heteroatoms. The van der Waals surface area contributed by atoms with Gasteiger partial charge in [-0.2, -0.15) is 0 Å². The molecule has 1 aromatic carbocycles. The van der Waals surface area contributed by atoms with Gasteiger partial charge < -0.3 is 10.1 Å². The van der Waals surface area contributed by atoms with E-state index in [9.17, 15) is 9.59 Å². The van der Waals surface area contributed by atoms with Crippen LogP contribution in [0.15, 0.2) is 30.3 Å². The summed E-state index contributed by atoms with van der Waals surface area (Å²) in [5.41, 5.74) is 0. The van der Waals surface area contributed by atoms with Gasteiger partial charge in [0.05, 0.1) is 6.42 Å². The number of esters is 1. The molecule has 0 spiro atoms. The first-order chi connectivity index (χ1) is 7.58. The van der Waals surface area contributed by atoms with E-state index in [0.717, 1.165) is 0 Å². The van der Waals surface area contributed by atoms with Crippen LogP contribution in [0.4, 0.5) is 0 Å². The van der Waals surface area contributed by atoms with Crippen LogP contribution in [-0.4, -0.2) is 17.9 Å². The molecule has 0 aliphatic heterocycles. The molecule has 16 heavy (non-hydrogen) atoms. The third kappa shape index (κ3) is 4.59.